The molecule has 2 fully saturated rings. The number of carbonyl (C=O) groups excluding carboxylic acids is 2. The van der Waals surface area contributed by atoms with Gasteiger partial charge in [-0.1, -0.05) is 59.6 Å². The van der Waals surface area contributed by atoms with Gasteiger partial charge in [0.1, 0.15) is 10.5 Å². The smallest absolute Gasteiger partial charge is 0.234 e. The molecule has 2 aromatic carbocycles. The van der Waals surface area contributed by atoms with Gasteiger partial charge in [0.2, 0.25) is 17.7 Å². The summed E-state index contributed by atoms with van der Waals surface area (Å²) in [6, 6.07) is 17.5. The third-order valence-corrected chi connectivity index (χ3v) is 10.4. The number of aromatic nitrogens is 3. The summed E-state index contributed by atoms with van der Waals surface area (Å²) in [4.78, 5) is 39.7. The Kier molecular flexibility index (Phi) is 9.92. The molecule has 2 aliphatic heterocycles. The van der Waals surface area contributed by atoms with Crippen LogP contribution >= 0.6 is 34.5 Å². The number of hydrogen-bond acceptors (Lipinski definition) is 10. The van der Waals surface area contributed by atoms with Gasteiger partial charge in [0.25, 0.3) is 0 Å². The Hall–Kier alpha value is -4.33. The fourth-order valence-corrected chi connectivity index (χ4v) is 7.73. The summed E-state index contributed by atoms with van der Waals surface area (Å²) in [5.41, 5.74) is 5.23. The average molecular weight is 718 g/mol. The van der Waals surface area contributed by atoms with E-state index in [4.69, 9.17) is 37.9 Å². The molecule has 5 heterocycles. The lowest BCUT2D eigenvalue weighted by molar-refractivity contribution is -0.124. The number of hydrogen-bond donors (Lipinski definition) is 4. The number of pyridine rings is 2. The molecule has 5 aromatic rings. The van der Waals surface area contributed by atoms with Gasteiger partial charge in [0.05, 0.1) is 46.3 Å². The second-order valence-electron chi connectivity index (χ2n) is 11.9. The van der Waals surface area contributed by atoms with E-state index in [1.807, 2.05) is 54.6 Å². The predicted octanol–water partition coefficient (Wildman–Crippen LogP) is 5.78. The summed E-state index contributed by atoms with van der Waals surface area (Å²) in [6.07, 6.45) is 3.15. The minimum absolute atomic E-state index is 0.0299. The SMILES string of the molecule is COc1nc(-c2cccc(-c3cccc(Nc4nccc5sc(CN6CCNC(=O)C6)nc45)c3Cl)c2Cl)ccc1CNC[C@H]1CCC(=O)N1. The number of halogens is 2. The molecule has 49 heavy (non-hydrogen) atoms. The quantitative estimate of drug-likeness (QED) is 0.134. The van der Waals surface area contributed by atoms with Crippen molar-refractivity contribution >= 4 is 68.1 Å². The first-order valence-electron chi connectivity index (χ1n) is 16.0. The molecule has 7 rings (SSSR count). The molecular weight excluding hydrogens is 683 g/mol. The van der Waals surface area contributed by atoms with E-state index < -0.39 is 0 Å². The van der Waals surface area contributed by atoms with Crippen molar-refractivity contribution in [3.63, 3.8) is 0 Å². The molecule has 252 valence electrons. The Bertz CT molecular complexity index is 2040. The first-order chi connectivity index (χ1) is 23.9. The van der Waals surface area contributed by atoms with Crippen LogP contribution in [-0.2, 0) is 22.7 Å². The first kappa shape index (κ1) is 33.2. The summed E-state index contributed by atoms with van der Waals surface area (Å²) < 4.78 is 6.64. The van der Waals surface area contributed by atoms with Gasteiger partial charge in [-0.15, -0.1) is 11.3 Å². The van der Waals surface area contributed by atoms with Crippen LogP contribution < -0.4 is 26.0 Å². The third kappa shape index (κ3) is 7.34. The van der Waals surface area contributed by atoms with Gasteiger partial charge in [-0.2, -0.15) is 0 Å². The molecule has 0 aliphatic carbocycles. The number of piperazine rings is 1. The molecule has 2 aliphatic rings. The van der Waals surface area contributed by atoms with E-state index in [1.165, 1.54) is 0 Å². The number of amides is 2. The molecule has 0 saturated carbocycles. The number of thiazole rings is 1. The third-order valence-electron chi connectivity index (χ3n) is 8.57. The number of ether oxygens (including phenoxy) is 1. The largest absolute Gasteiger partial charge is 0.481 e. The second-order valence-corrected chi connectivity index (χ2v) is 13.8. The fraction of sp³-hybridized carbons (Fsp3) is 0.286. The van der Waals surface area contributed by atoms with E-state index in [9.17, 15) is 9.59 Å². The minimum atomic E-state index is 0.0299. The highest BCUT2D eigenvalue weighted by Crippen LogP contribution is 2.42. The van der Waals surface area contributed by atoms with Gasteiger partial charge in [0.15, 0.2) is 5.82 Å². The molecule has 3 aromatic heterocycles. The predicted molar refractivity (Wildman–Crippen MR) is 194 cm³/mol. The molecule has 2 saturated heterocycles. The van der Waals surface area contributed by atoms with Crippen LogP contribution in [0.25, 0.3) is 32.6 Å². The van der Waals surface area contributed by atoms with Crippen molar-refractivity contribution in [1.29, 1.82) is 0 Å². The van der Waals surface area contributed by atoms with Gasteiger partial charge < -0.3 is 26.0 Å². The molecule has 0 unspecified atom stereocenters. The lowest BCUT2D eigenvalue weighted by Crippen LogP contribution is -2.47. The Balaban J connectivity index is 1.11. The lowest BCUT2D eigenvalue weighted by atomic mass is 10.00. The van der Waals surface area contributed by atoms with E-state index in [0.717, 1.165) is 50.4 Å². The summed E-state index contributed by atoms with van der Waals surface area (Å²) in [5.74, 6) is 1.22. The van der Waals surface area contributed by atoms with Gasteiger partial charge in [-0.25, -0.2) is 15.0 Å². The number of benzene rings is 2. The summed E-state index contributed by atoms with van der Waals surface area (Å²) in [7, 11) is 1.60. The average Bonchev–Trinajstić information content (AvgIpc) is 3.71. The maximum atomic E-state index is 11.8. The zero-order valence-corrected chi connectivity index (χ0v) is 29.0. The maximum absolute atomic E-state index is 11.8. The van der Waals surface area contributed by atoms with E-state index in [0.29, 0.717) is 72.3 Å². The highest BCUT2D eigenvalue weighted by molar-refractivity contribution is 7.18. The number of nitrogens with zero attached hydrogens (tertiary/aromatic N) is 4. The Morgan fingerprint density at radius 3 is 2.61 bits per heavy atom. The molecule has 0 bridgehead atoms. The monoisotopic (exact) mass is 716 g/mol. The van der Waals surface area contributed by atoms with Crippen LogP contribution in [0.1, 0.15) is 23.4 Å². The Labute approximate surface area is 297 Å². The van der Waals surface area contributed by atoms with Crippen LogP contribution in [0.3, 0.4) is 0 Å². The van der Waals surface area contributed by atoms with Crippen LogP contribution in [-0.4, -0.2) is 71.0 Å². The fourth-order valence-electron chi connectivity index (χ4n) is 6.12. The number of carbonyl (C=O) groups is 2. The van der Waals surface area contributed by atoms with Gasteiger partial charge in [0, 0.05) is 67.1 Å². The Morgan fingerprint density at radius 2 is 1.82 bits per heavy atom. The number of rotatable bonds is 11. The summed E-state index contributed by atoms with van der Waals surface area (Å²) >= 11 is 15.7. The molecule has 0 spiro atoms. The van der Waals surface area contributed by atoms with E-state index in [2.05, 4.69) is 31.2 Å². The Morgan fingerprint density at radius 1 is 1.00 bits per heavy atom. The maximum Gasteiger partial charge on any atom is 0.234 e. The van der Waals surface area contributed by atoms with Crippen LogP contribution in [0.5, 0.6) is 5.88 Å². The number of anilines is 2. The molecule has 11 nitrogen and oxygen atoms in total. The number of nitrogens with one attached hydrogen (secondary N) is 4. The number of methoxy groups -OCH3 is 1. The second kappa shape index (κ2) is 14.7. The van der Waals surface area contributed by atoms with Crippen molar-refractivity contribution in [2.45, 2.75) is 32.0 Å². The lowest BCUT2D eigenvalue weighted by Gasteiger charge is -2.25. The highest BCUT2D eigenvalue weighted by Gasteiger charge is 2.22. The van der Waals surface area contributed by atoms with E-state index in [1.54, 1.807) is 24.6 Å². The highest BCUT2D eigenvalue weighted by atomic mass is 35.5. The van der Waals surface area contributed by atoms with E-state index in [-0.39, 0.29) is 17.9 Å². The van der Waals surface area contributed by atoms with Crippen molar-refractivity contribution in [2.75, 3.05) is 38.6 Å². The standard InChI is InChI=1S/C35H34Cl2N8O3S/c1-48-35-20(16-38-17-21-9-11-28(46)41-21)8-10-25(43-35)24-6-2-4-22(31(24)36)23-5-3-7-26(32(23)37)42-34-33-27(12-13-40-34)49-30(44-33)19-45-15-14-39-29(47)18-45/h2-8,10,12-13,21,38H,9,11,14-19H2,1H3,(H,39,47)(H,40,42)(H,41,46)/t21-/m1/s1. The van der Waals surface area contributed by atoms with Crippen LogP contribution in [0.15, 0.2) is 60.8 Å². The summed E-state index contributed by atoms with van der Waals surface area (Å²) in [5, 5.41) is 14.5. The molecule has 0 radical (unpaired) electrons. The van der Waals surface area contributed by atoms with Crippen LogP contribution in [0.2, 0.25) is 10.0 Å². The molecule has 14 heteroatoms. The molecule has 4 N–H and O–H groups in total. The molecule has 2 amide bonds. The topological polar surface area (TPSA) is 133 Å². The van der Waals surface area contributed by atoms with Crippen molar-refractivity contribution in [2.24, 2.45) is 0 Å². The van der Waals surface area contributed by atoms with Crippen LogP contribution in [0.4, 0.5) is 11.5 Å². The molecule has 1 atom stereocenters. The van der Waals surface area contributed by atoms with Gasteiger partial charge in [-0.05, 0) is 24.6 Å². The number of fused-ring (bicyclic) bond motifs is 1. The minimum Gasteiger partial charge on any atom is -0.481 e. The van der Waals surface area contributed by atoms with Crippen molar-refractivity contribution in [3.8, 4) is 28.3 Å². The summed E-state index contributed by atoms with van der Waals surface area (Å²) in [6.45, 7) is 3.61. The normalized spacial score (nSPS) is 16.5. The zero-order chi connectivity index (χ0) is 33.9. The molecular formula is C35H34Cl2N8O3S. The van der Waals surface area contributed by atoms with Gasteiger partial charge >= 0.3 is 0 Å². The van der Waals surface area contributed by atoms with Crippen LogP contribution in [0, 0.1) is 0 Å². The zero-order valence-electron chi connectivity index (χ0n) is 26.7. The van der Waals surface area contributed by atoms with Crippen molar-refractivity contribution < 1.29 is 14.3 Å². The van der Waals surface area contributed by atoms with Crippen molar-refractivity contribution in [3.05, 3.63) is 81.4 Å². The first-order valence-corrected chi connectivity index (χ1v) is 17.6. The van der Waals surface area contributed by atoms with Gasteiger partial charge in [-0.3, -0.25) is 14.5 Å². The van der Waals surface area contributed by atoms with E-state index >= 15 is 0 Å². The van der Waals surface area contributed by atoms with Crippen molar-refractivity contribution in [1.82, 2.24) is 35.8 Å².